The lowest BCUT2D eigenvalue weighted by atomic mass is 10.2. The van der Waals surface area contributed by atoms with Crippen LogP contribution in [0.2, 0.25) is 0 Å². The smallest absolute Gasteiger partial charge is 0.372 e. The number of rotatable bonds is 6. The Hall–Kier alpha value is -3.10. The Labute approximate surface area is 157 Å². The third kappa shape index (κ3) is 4.18. The van der Waals surface area contributed by atoms with Crippen molar-refractivity contribution >= 4 is 17.2 Å². The summed E-state index contributed by atoms with van der Waals surface area (Å²) in [5, 5.41) is 11.6. The Morgan fingerprint density at radius 2 is 1.70 bits per heavy atom. The van der Waals surface area contributed by atoms with Gasteiger partial charge >= 0.3 is 5.69 Å². The number of aromatic nitrogens is 2. The van der Waals surface area contributed by atoms with Gasteiger partial charge in [0.25, 0.3) is 5.88 Å². The molecule has 0 spiro atoms. The molecular formula is C18H23N5O4. The fourth-order valence-electron chi connectivity index (χ4n) is 3.02. The van der Waals surface area contributed by atoms with Gasteiger partial charge in [-0.15, -0.1) is 0 Å². The van der Waals surface area contributed by atoms with Crippen molar-refractivity contribution in [1.82, 2.24) is 9.97 Å². The molecule has 27 heavy (non-hydrogen) atoms. The van der Waals surface area contributed by atoms with Gasteiger partial charge in [0.15, 0.2) is 0 Å². The first-order valence-corrected chi connectivity index (χ1v) is 8.79. The summed E-state index contributed by atoms with van der Waals surface area (Å²) in [7, 11) is 1.64. The van der Waals surface area contributed by atoms with Crippen molar-refractivity contribution < 1.29 is 14.4 Å². The van der Waals surface area contributed by atoms with Gasteiger partial charge in [-0.25, -0.2) is 4.98 Å². The van der Waals surface area contributed by atoms with E-state index >= 15 is 0 Å². The van der Waals surface area contributed by atoms with E-state index in [0.29, 0.717) is 18.9 Å². The number of methoxy groups -OCH3 is 1. The molecule has 0 N–H and O–H groups in total. The molecule has 1 aliphatic rings. The number of piperazine rings is 1. The van der Waals surface area contributed by atoms with E-state index in [1.54, 1.807) is 21.0 Å². The van der Waals surface area contributed by atoms with Gasteiger partial charge in [0.2, 0.25) is 5.82 Å². The number of hydrogen-bond acceptors (Lipinski definition) is 8. The topological polar surface area (TPSA) is 93.9 Å². The van der Waals surface area contributed by atoms with Crippen molar-refractivity contribution in [3.63, 3.8) is 0 Å². The minimum Gasteiger partial charge on any atom is -0.497 e. The number of nitro groups is 1. The molecule has 0 bridgehead atoms. The molecular weight excluding hydrogens is 350 g/mol. The maximum absolute atomic E-state index is 11.6. The molecule has 9 heteroatoms. The van der Waals surface area contributed by atoms with E-state index in [9.17, 15) is 10.1 Å². The highest BCUT2D eigenvalue weighted by Gasteiger charge is 2.30. The van der Waals surface area contributed by atoms with Crippen LogP contribution in [0.3, 0.4) is 0 Å². The maximum atomic E-state index is 11.6. The SMILES string of the molecule is COc1ccc(N2CCN(c3ncnc(OC(C)C)c3[N+](=O)[O-])CC2)cc1. The van der Waals surface area contributed by atoms with E-state index in [-0.39, 0.29) is 17.7 Å². The maximum Gasteiger partial charge on any atom is 0.372 e. The van der Waals surface area contributed by atoms with Crippen LogP contribution in [0.4, 0.5) is 17.2 Å². The molecule has 1 saturated heterocycles. The molecule has 144 valence electrons. The van der Waals surface area contributed by atoms with Crippen molar-refractivity contribution in [2.45, 2.75) is 20.0 Å². The Morgan fingerprint density at radius 3 is 2.26 bits per heavy atom. The Bertz CT molecular complexity index is 789. The van der Waals surface area contributed by atoms with Gasteiger partial charge in [-0.1, -0.05) is 0 Å². The highest BCUT2D eigenvalue weighted by molar-refractivity contribution is 5.63. The summed E-state index contributed by atoms with van der Waals surface area (Å²) >= 11 is 0. The third-order valence-corrected chi connectivity index (χ3v) is 4.32. The number of ether oxygens (including phenoxy) is 2. The summed E-state index contributed by atoms with van der Waals surface area (Å²) in [6.45, 7) is 6.30. The average molecular weight is 373 g/mol. The third-order valence-electron chi connectivity index (χ3n) is 4.32. The summed E-state index contributed by atoms with van der Waals surface area (Å²) in [4.78, 5) is 23.4. The van der Waals surface area contributed by atoms with Crippen LogP contribution in [-0.4, -0.2) is 54.3 Å². The second-order valence-electron chi connectivity index (χ2n) is 6.45. The minimum atomic E-state index is -0.469. The highest BCUT2D eigenvalue weighted by atomic mass is 16.6. The largest absolute Gasteiger partial charge is 0.497 e. The molecule has 0 radical (unpaired) electrons. The summed E-state index contributed by atoms with van der Waals surface area (Å²) < 4.78 is 10.7. The minimum absolute atomic E-state index is 0.0117. The molecule has 1 fully saturated rings. The number of hydrogen-bond donors (Lipinski definition) is 0. The fourth-order valence-corrected chi connectivity index (χ4v) is 3.02. The van der Waals surface area contributed by atoms with Crippen LogP contribution in [-0.2, 0) is 0 Å². The van der Waals surface area contributed by atoms with Crippen LogP contribution >= 0.6 is 0 Å². The normalized spacial score (nSPS) is 14.4. The molecule has 0 atom stereocenters. The number of anilines is 2. The van der Waals surface area contributed by atoms with Crippen molar-refractivity contribution in [1.29, 1.82) is 0 Å². The van der Waals surface area contributed by atoms with Gasteiger partial charge in [-0.2, -0.15) is 4.98 Å². The number of benzene rings is 1. The zero-order valence-corrected chi connectivity index (χ0v) is 15.7. The van der Waals surface area contributed by atoms with E-state index in [4.69, 9.17) is 9.47 Å². The summed E-state index contributed by atoms with van der Waals surface area (Å²) in [5.41, 5.74) is 0.917. The first-order chi connectivity index (χ1) is 13.0. The summed E-state index contributed by atoms with van der Waals surface area (Å²) in [6, 6.07) is 7.87. The molecule has 2 aromatic rings. The van der Waals surface area contributed by atoms with E-state index in [0.717, 1.165) is 24.5 Å². The van der Waals surface area contributed by atoms with Crippen LogP contribution in [0.1, 0.15) is 13.8 Å². The predicted molar refractivity (Wildman–Crippen MR) is 102 cm³/mol. The molecule has 2 heterocycles. The monoisotopic (exact) mass is 373 g/mol. The lowest BCUT2D eigenvalue weighted by Crippen LogP contribution is -2.47. The van der Waals surface area contributed by atoms with Crippen LogP contribution in [0, 0.1) is 10.1 Å². The molecule has 0 saturated carbocycles. The second-order valence-corrected chi connectivity index (χ2v) is 6.45. The molecule has 3 rings (SSSR count). The molecule has 0 aliphatic carbocycles. The Kier molecular flexibility index (Phi) is 5.58. The lowest BCUT2D eigenvalue weighted by molar-refractivity contribution is -0.385. The summed E-state index contributed by atoms with van der Waals surface area (Å²) in [5.74, 6) is 1.13. The Balaban J connectivity index is 1.76. The van der Waals surface area contributed by atoms with Crippen molar-refractivity contribution in [3.05, 3.63) is 40.7 Å². The van der Waals surface area contributed by atoms with Gasteiger partial charge < -0.3 is 19.3 Å². The van der Waals surface area contributed by atoms with Gasteiger partial charge in [-0.05, 0) is 38.1 Å². The van der Waals surface area contributed by atoms with E-state index in [1.165, 1.54) is 6.33 Å². The van der Waals surface area contributed by atoms with Crippen LogP contribution in [0.25, 0.3) is 0 Å². The quantitative estimate of drug-likeness (QED) is 0.563. The molecule has 1 aliphatic heterocycles. The predicted octanol–water partition coefficient (Wildman–Crippen LogP) is 2.51. The van der Waals surface area contributed by atoms with E-state index < -0.39 is 4.92 Å². The molecule has 0 unspecified atom stereocenters. The fraction of sp³-hybridized carbons (Fsp3) is 0.444. The van der Waals surface area contributed by atoms with E-state index in [1.807, 2.05) is 29.2 Å². The average Bonchev–Trinajstić information content (AvgIpc) is 2.67. The first kappa shape index (κ1) is 18.7. The first-order valence-electron chi connectivity index (χ1n) is 8.79. The zero-order chi connectivity index (χ0) is 19.4. The molecule has 9 nitrogen and oxygen atoms in total. The van der Waals surface area contributed by atoms with Crippen molar-refractivity contribution in [2.24, 2.45) is 0 Å². The zero-order valence-electron chi connectivity index (χ0n) is 15.7. The molecule has 0 amide bonds. The van der Waals surface area contributed by atoms with Gasteiger partial charge in [-0.3, -0.25) is 10.1 Å². The van der Waals surface area contributed by atoms with Crippen molar-refractivity contribution in [2.75, 3.05) is 43.1 Å². The van der Waals surface area contributed by atoms with E-state index in [2.05, 4.69) is 14.9 Å². The lowest BCUT2D eigenvalue weighted by Gasteiger charge is -2.36. The highest BCUT2D eigenvalue weighted by Crippen LogP contribution is 2.34. The van der Waals surface area contributed by atoms with Crippen LogP contribution < -0.4 is 19.3 Å². The Morgan fingerprint density at radius 1 is 1.07 bits per heavy atom. The molecule has 1 aromatic heterocycles. The summed E-state index contributed by atoms with van der Waals surface area (Å²) in [6.07, 6.45) is 1.11. The molecule has 1 aromatic carbocycles. The van der Waals surface area contributed by atoms with Gasteiger partial charge in [0.05, 0.1) is 18.1 Å². The van der Waals surface area contributed by atoms with Crippen LogP contribution in [0.5, 0.6) is 11.6 Å². The van der Waals surface area contributed by atoms with Crippen LogP contribution in [0.15, 0.2) is 30.6 Å². The van der Waals surface area contributed by atoms with Crippen molar-refractivity contribution in [3.8, 4) is 11.6 Å². The van der Waals surface area contributed by atoms with Gasteiger partial charge in [0.1, 0.15) is 12.1 Å². The van der Waals surface area contributed by atoms with Gasteiger partial charge in [0, 0.05) is 31.9 Å². The number of nitrogens with zero attached hydrogens (tertiary/aromatic N) is 5. The standard InChI is InChI=1S/C18H23N5O4/c1-13(2)27-18-16(23(24)25)17(19-12-20-18)22-10-8-21(9-11-22)14-4-6-15(26-3)7-5-14/h4-7,12-13H,8-11H2,1-3H3. The second kappa shape index (κ2) is 8.07.